The fraction of sp³-hybridized carbons (Fsp3) is 0.250. The summed E-state index contributed by atoms with van der Waals surface area (Å²) in [5.74, 6) is 0.0526. The van der Waals surface area contributed by atoms with Crippen molar-refractivity contribution in [2.75, 3.05) is 45.2 Å². The summed E-state index contributed by atoms with van der Waals surface area (Å²) in [5, 5.41) is 2.04. The summed E-state index contributed by atoms with van der Waals surface area (Å²) < 4.78 is 0. The Bertz CT molecular complexity index is 1030. The van der Waals surface area contributed by atoms with E-state index in [2.05, 4.69) is 0 Å². The average Bonchev–Trinajstić information content (AvgIpc) is 2.78. The van der Waals surface area contributed by atoms with Gasteiger partial charge in [0.15, 0.2) is 0 Å². The molecule has 2 amide bonds. The Kier molecular flexibility index (Phi) is 5.21. The van der Waals surface area contributed by atoms with Crippen LogP contribution >= 0.6 is 0 Å². The van der Waals surface area contributed by atoms with Gasteiger partial charge in [-0.1, -0.05) is 36.4 Å². The summed E-state index contributed by atoms with van der Waals surface area (Å²) in [6.45, 7) is 2.18. The maximum Gasteiger partial charge on any atom is 0.254 e. The van der Waals surface area contributed by atoms with Crippen LogP contribution in [0.3, 0.4) is 0 Å². The molecule has 0 unspecified atom stereocenters. The van der Waals surface area contributed by atoms with Crippen molar-refractivity contribution in [2.24, 2.45) is 0 Å². The summed E-state index contributed by atoms with van der Waals surface area (Å²) >= 11 is 0. The van der Waals surface area contributed by atoms with E-state index < -0.39 is 0 Å². The number of benzene rings is 3. The van der Waals surface area contributed by atoms with Crippen molar-refractivity contribution in [3.63, 3.8) is 0 Å². The summed E-state index contributed by atoms with van der Waals surface area (Å²) in [4.78, 5) is 31.6. The zero-order chi connectivity index (χ0) is 20.4. The molecule has 0 saturated carbocycles. The quantitative estimate of drug-likeness (QED) is 0.691. The van der Waals surface area contributed by atoms with E-state index in [1.54, 1.807) is 0 Å². The van der Waals surface area contributed by atoms with Crippen LogP contribution in [0.15, 0.2) is 66.7 Å². The molecule has 1 aliphatic rings. The van der Waals surface area contributed by atoms with E-state index in [1.807, 2.05) is 95.5 Å². The van der Waals surface area contributed by atoms with Gasteiger partial charge in [0.2, 0.25) is 0 Å². The second-order valence-electron chi connectivity index (χ2n) is 7.55. The Balaban J connectivity index is 1.43. The van der Waals surface area contributed by atoms with Gasteiger partial charge in [0.1, 0.15) is 0 Å². The van der Waals surface area contributed by atoms with E-state index in [4.69, 9.17) is 0 Å². The van der Waals surface area contributed by atoms with Gasteiger partial charge in [0.05, 0.1) is 0 Å². The minimum absolute atomic E-state index is 0.0209. The van der Waals surface area contributed by atoms with Gasteiger partial charge >= 0.3 is 0 Å². The molecule has 1 heterocycles. The number of hydrogen-bond acceptors (Lipinski definition) is 3. The molecule has 0 spiro atoms. The molecule has 3 aromatic carbocycles. The van der Waals surface area contributed by atoms with E-state index in [9.17, 15) is 9.59 Å². The molecule has 0 radical (unpaired) electrons. The molecule has 1 aliphatic heterocycles. The monoisotopic (exact) mass is 387 g/mol. The number of carbonyl (C=O) groups excluding carboxylic acids is 2. The largest absolute Gasteiger partial charge is 0.378 e. The zero-order valence-electron chi connectivity index (χ0n) is 16.8. The molecule has 148 valence electrons. The van der Waals surface area contributed by atoms with Crippen molar-refractivity contribution >= 4 is 28.3 Å². The molecule has 29 heavy (non-hydrogen) atoms. The van der Waals surface area contributed by atoms with Gasteiger partial charge in [-0.15, -0.1) is 0 Å². The summed E-state index contributed by atoms with van der Waals surface area (Å²) in [6, 6.07) is 21.4. The van der Waals surface area contributed by atoms with Crippen LogP contribution < -0.4 is 4.90 Å². The van der Waals surface area contributed by atoms with Gasteiger partial charge in [0, 0.05) is 57.1 Å². The SMILES string of the molecule is CN(C)c1ccc(C(=O)N2CCN(C(=O)c3cccc4ccccc34)CC2)cc1. The minimum Gasteiger partial charge on any atom is -0.378 e. The lowest BCUT2D eigenvalue weighted by atomic mass is 10.0. The Hall–Kier alpha value is -3.34. The molecule has 0 N–H and O–H groups in total. The predicted octanol–water partition coefficient (Wildman–Crippen LogP) is 3.50. The molecule has 3 aromatic rings. The molecular formula is C24H25N3O2. The molecule has 0 atom stereocenters. The first kappa shape index (κ1) is 19.0. The summed E-state index contributed by atoms with van der Waals surface area (Å²) in [7, 11) is 3.95. The highest BCUT2D eigenvalue weighted by molar-refractivity contribution is 6.07. The number of piperazine rings is 1. The van der Waals surface area contributed by atoms with Gasteiger partial charge in [-0.25, -0.2) is 0 Å². The zero-order valence-corrected chi connectivity index (χ0v) is 16.8. The first-order valence-corrected chi connectivity index (χ1v) is 9.88. The fourth-order valence-electron chi connectivity index (χ4n) is 3.78. The van der Waals surface area contributed by atoms with Gasteiger partial charge in [0.25, 0.3) is 11.8 Å². The van der Waals surface area contributed by atoms with Crippen LogP contribution in [0.2, 0.25) is 0 Å². The molecular weight excluding hydrogens is 362 g/mol. The lowest BCUT2D eigenvalue weighted by Gasteiger charge is -2.35. The lowest BCUT2D eigenvalue weighted by molar-refractivity contribution is 0.0536. The Morgan fingerprint density at radius 2 is 1.31 bits per heavy atom. The first-order chi connectivity index (χ1) is 14.0. The molecule has 1 fully saturated rings. The average molecular weight is 387 g/mol. The number of fused-ring (bicyclic) bond motifs is 1. The minimum atomic E-state index is 0.0209. The maximum atomic E-state index is 13.1. The fourth-order valence-corrected chi connectivity index (χ4v) is 3.78. The topological polar surface area (TPSA) is 43.9 Å². The van der Waals surface area contributed by atoms with Crippen molar-refractivity contribution in [3.05, 3.63) is 77.9 Å². The van der Waals surface area contributed by atoms with Crippen LogP contribution in [0.1, 0.15) is 20.7 Å². The number of rotatable bonds is 3. The third-order valence-electron chi connectivity index (χ3n) is 5.50. The van der Waals surface area contributed by atoms with E-state index in [0.29, 0.717) is 31.7 Å². The van der Waals surface area contributed by atoms with Crippen molar-refractivity contribution in [1.29, 1.82) is 0 Å². The van der Waals surface area contributed by atoms with Crippen LogP contribution in [0.5, 0.6) is 0 Å². The number of hydrogen-bond donors (Lipinski definition) is 0. The van der Waals surface area contributed by atoms with Crippen LogP contribution in [-0.2, 0) is 0 Å². The van der Waals surface area contributed by atoms with Gasteiger partial charge in [-0.05, 0) is 41.1 Å². The highest BCUT2D eigenvalue weighted by Gasteiger charge is 2.26. The molecule has 0 aromatic heterocycles. The second-order valence-corrected chi connectivity index (χ2v) is 7.55. The van der Waals surface area contributed by atoms with Gasteiger partial charge in [-0.3, -0.25) is 9.59 Å². The van der Waals surface area contributed by atoms with E-state index in [0.717, 1.165) is 22.0 Å². The Labute approximate surface area is 171 Å². The van der Waals surface area contributed by atoms with Crippen molar-refractivity contribution < 1.29 is 9.59 Å². The number of carbonyl (C=O) groups is 2. The molecule has 0 aliphatic carbocycles. The van der Waals surface area contributed by atoms with Gasteiger partial charge in [-0.2, -0.15) is 0 Å². The van der Waals surface area contributed by atoms with E-state index >= 15 is 0 Å². The van der Waals surface area contributed by atoms with Crippen LogP contribution in [0.25, 0.3) is 10.8 Å². The van der Waals surface area contributed by atoms with Crippen molar-refractivity contribution in [1.82, 2.24) is 9.80 Å². The van der Waals surface area contributed by atoms with Crippen molar-refractivity contribution in [2.45, 2.75) is 0 Å². The first-order valence-electron chi connectivity index (χ1n) is 9.88. The van der Waals surface area contributed by atoms with Crippen LogP contribution in [-0.4, -0.2) is 61.9 Å². The van der Waals surface area contributed by atoms with Crippen LogP contribution in [0.4, 0.5) is 5.69 Å². The number of nitrogens with zero attached hydrogens (tertiary/aromatic N) is 3. The number of amides is 2. The molecule has 4 rings (SSSR count). The molecule has 1 saturated heterocycles. The second kappa shape index (κ2) is 7.95. The van der Waals surface area contributed by atoms with E-state index in [-0.39, 0.29) is 11.8 Å². The molecule has 5 heteroatoms. The normalized spacial score (nSPS) is 14.1. The summed E-state index contributed by atoms with van der Waals surface area (Å²) in [5.41, 5.74) is 2.47. The van der Waals surface area contributed by atoms with Crippen LogP contribution in [0, 0.1) is 0 Å². The Morgan fingerprint density at radius 3 is 1.97 bits per heavy atom. The third kappa shape index (κ3) is 3.81. The summed E-state index contributed by atoms with van der Waals surface area (Å²) in [6.07, 6.45) is 0. The number of anilines is 1. The lowest BCUT2D eigenvalue weighted by Crippen LogP contribution is -2.50. The highest BCUT2D eigenvalue weighted by Crippen LogP contribution is 2.21. The molecule has 5 nitrogen and oxygen atoms in total. The standard InChI is InChI=1S/C24H25N3O2/c1-25(2)20-12-10-19(11-13-20)23(28)26-14-16-27(17-15-26)24(29)22-9-5-7-18-6-3-4-8-21(18)22/h3-13H,14-17H2,1-2H3. The Morgan fingerprint density at radius 1 is 0.724 bits per heavy atom. The van der Waals surface area contributed by atoms with E-state index in [1.165, 1.54) is 0 Å². The maximum absolute atomic E-state index is 13.1. The van der Waals surface area contributed by atoms with Gasteiger partial charge < -0.3 is 14.7 Å². The third-order valence-corrected chi connectivity index (χ3v) is 5.50. The highest BCUT2D eigenvalue weighted by atomic mass is 16.2. The molecule has 0 bridgehead atoms. The van der Waals surface area contributed by atoms with Crippen molar-refractivity contribution in [3.8, 4) is 0 Å². The predicted molar refractivity (Wildman–Crippen MR) is 117 cm³/mol. The smallest absolute Gasteiger partial charge is 0.254 e.